The molecule has 9 heteroatoms. The molecule has 1 atom stereocenters. The summed E-state index contributed by atoms with van der Waals surface area (Å²) in [6, 6.07) is 5.89. The summed E-state index contributed by atoms with van der Waals surface area (Å²) < 4.78 is 32.1. The fourth-order valence-corrected chi connectivity index (χ4v) is 5.72. The number of benzene rings is 1. The Morgan fingerprint density at radius 3 is 2.30 bits per heavy atom. The molecular formula is C24H37N5O3S. The van der Waals surface area contributed by atoms with E-state index in [1.54, 1.807) is 17.9 Å². The second-order valence-corrected chi connectivity index (χ2v) is 11.3. The first kappa shape index (κ1) is 25.2. The largest absolute Gasteiger partial charge is 0.326 e. The van der Waals surface area contributed by atoms with Gasteiger partial charge in [-0.25, -0.2) is 9.03 Å². The molecule has 1 aliphatic heterocycles. The molecule has 33 heavy (non-hydrogen) atoms. The van der Waals surface area contributed by atoms with Crippen molar-refractivity contribution in [3.63, 3.8) is 0 Å². The maximum atomic E-state index is 13.4. The summed E-state index contributed by atoms with van der Waals surface area (Å²) in [6.07, 6.45) is 4.81. The van der Waals surface area contributed by atoms with Gasteiger partial charge in [0.2, 0.25) is 5.91 Å². The first-order chi connectivity index (χ1) is 15.5. The molecule has 1 fully saturated rings. The van der Waals surface area contributed by atoms with E-state index in [0.29, 0.717) is 24.1 Å². The van der Waals surface area contributed by atoms with Gasteiger partial charge in [0.1, 0.15) is 0 Å². The molecular weight excluding hydrogens is 438 g/mol. The molecule has 1 aromatic carbocycles. The minimum Gasteiger partial charge on any atom is -0.304 e. The molecule has 2 heterocycles. The van der Waals surface area contributed by atoms with Crippen molar-refractivity contribution in [1.29, 1.82) is 0 Å². The Kier molecular flexibility index (Phi) is 7.84. The number of aryl methyl sites for hydroxylation is 1. The van der Waals surface area contributed by atoms with Gasteiger partial charge in [-0.3, -0.25) is 9.48 Å². The molecule has 1 amide bonds. The Balaban J connectivity index is 1.84. The van der Waals surface area contributed by atoms with Crippen LogP contribution < -0.4 is 9.03 Å². The molecule has 1 aromatic heterocycles. The Morgan fingerprint density at radius 2 is 1.79 bits per heavy atom. The van der Waals surface area contributed by atoms with Crippen molar-refractivity contribution >= 4 is 21.8 Å². The van der Waals surface area contributed by atoms with Gasteiger partial charge >= 0.3 is 10.2 Å². The Bertz CT molecular complexity index is 1050. The van der Waals surface area contributed by atoms with Gasteiger partial charge in [0.25, 0.3) is 0 Å². The van der Waals surface area contributed by atoms with Gasteiger partial charge in [0.05, 0.1) is 24.3 Å². The minimum atomic E-state index is -4.10. The summed E-state index contributed by atoms with van der Waals surface area (Å²) in [5.41, 5.74) is 3.58. The number of likely N-dealkylation sites (N-methyl/N-ethyl adjacent to an activating group) is 1. The highest BCUT2D eigenvalue weighted by molar-refractivity contribution is 7.91. The maximum Gasteiger partial charge on any atom is 0.326 e. The van der Waals surface area contributed by atoms with Crippen LogP contribution in [0.2, 0.25) is 0 Å². The minimum absolute atomic E-state index is 0.00492. The summed E-state index contributed by atoms with van der Waals surface area (Å²) in [4.78, 5) is 15.0. The topological polar surface area (TPSA) is 87.5 Å². The van der Waals surface area contributed by atoms with Crippen molar-refractivity contribution in [1.82, 2.24) is 19.4 Å². The summed E-state index contributed by atoms with van der Waals surface area (Å²) in [6.45, 7) is 9.97. The monoisotopic (exact) mass is 475 g/mol. The summed E-state index contributed by atoms with van der Waals surface area (Å²) >= 11 is 0. The summed E-state index contributed by atoms with van der Waals surface area (Å²) in [5, 5.41) is 4.15. The number of likely N-dealkylation sites (tertiary alicyclic amines) is 1. The fraction of sp³-hybridized carbons (Fsp3) is 0.583. The van der Waals surface area contributed by atoms with Crippen molar-refractivity contribution in [3.8, 4) is 0 Å². The van der Waals surface area contributed by atoms with Crippen LogP contribution in [0.3, 0.4) is 0 Å². The highest BCUT2D eigenvalue weighted by Crippen LogP contribution is 2.26. The van der Waals surface area contributed by atoms with Gasteiger partial charge in [-0.05, 0) is 55.0 Å². The first-order valence-corrected chi connectivity index (χ1v) is 13.1. The van der Waals surface area contributed by atoms with Gasteiger partial charge < -0.3 is 4.90 Å². The molecule has 182 valence electrons. The number of nitrogens with one attached hydrogen (secondary N) is 1. The average molecular weight is 476 g/mol. The highest BCUT2D eigenvalue weighted by atomic mass is 32.2. The van der Waals surface area contributed by atoms with Crippen LogP contribution in [0.1, 0.15) is 69.1 Å². The summed E-state index contributed by atoms with van der Waals surface area (Å²) in [7, 11) is -0.381. The molecule has 1 aliphatic rings. The van der Waals surface area contributed by atoms with E-state index in [4.69, 9.17) is 0 Å². The lowest BCUT2D eigenvalue weighted by Gasteiger charge is -2.37. The number of hydrogen-bond donors (Lipinski definition) is 1. The van der Waals surface area contributed by atoms with E-state index < -0.39 is 16.1 Å². The zero-order chi connectivity index (χ0) is 24.3. The molecule has 1 unspecified atom stereocenters. The lowest BCUT2D eigenvalue weighted by atomic mass is 9.92. The zero-order valence-corrected chi connectivity index (χ0v) is 21.4. The van der Waals surface area contributed by atoms with Gasteiger partial charge in [-0.1, -0.05) is 45.9 Å². The third-order valence-electron chi connectivity index (χ3n) is 6.11. The van der Waals surface area contributed by atoms with Crippen molar-refractivity contribution < 1.29 is 13.2 Å². The molecule has 3 rings (SSSR count). The lowest BCUT2D eigenvalue weighted by molar-refractivity contribution is -0.118. The van der Waals surface area contributed by atoms with Gasteiger partial charge in [0.15, 0.2) is 0 Å². The molecule has 8 nitrogen and oxygen atoms in total. The van der Waals surface area contributed by atoms with E-state index in [-0.39, 0.29) is 12.5 Å². The molecule has 0 radical (unpaired) electrons. The van der Waals surface area contributed by atoms with Gasteiger partial charge in [-0.2, -0.15) is 13.5 Å². The van der Waals surface area contributed by atoms with Crippen LogP contribution in [0.25, 0.3) is 0 Å². The number of hydrogen-bond acceptors (Lipinski definition) is 5. The SMILES string of the molecule is CC(C)c1cc(CC(=O)NS(=O)(=O)N(c2cnn(C)c2)C2CCCN(C)C2)cc(C(C)C)c1. The van der Waals surface area contributed by atoms with E-state index in [9.17, 15) is 13.2 Å². The Morgan fingerprint density at radius 1 is 1.15 bits per heavy atom. The fourth-order valence-electron chi connectivity index (χ4n) is 4.33. The molecule has 0 aliphatic carbocycles. The van der Waals surface area contributed by atoms with Crippen LogP contribution in [0, 0.1) is 0 Å². The van der Waals surface area contributed by atoms with E-state index >= 15 is 0 Å². The molecule has 1 saturated heterocycles. The Hall–Kier alpha value is -2.39. The number of anilines is 1. The van der Waals surface area contributed by atoms with E-state index in [1.807, 2.05) is 19.2 Å². The second-order valence-electron chi connectivity index (χ2n) is 9.75. The van der Waals surface area contributed by atoms with Crippen LogP contribution in [-0.4, -0.2) is 55.2 Å². The number of amides is 1. The standard InChI is InChI=1S/C24H37N5O3S/c1-17(2)20-10-19(11-21(13-20)18(3)4)12-24(30)26-33(31,32)29(23-14-25-28(6)16-23)22-8-7-9-27(5)15-22/h10-11,13-14,16-18,22H,7-9,12,15H2,1-6H3,(H,26,30). The van der Waals surface area contributed by atoms with Gasteiger partial charge in [-0.15, -0.1) is 0 Å². The van der Waals surface area contributed by atoms with Crippen molar-refractivity contribution in [2.24, 2.45) is 7.05 Å². The molecule has 0 saturated carbocycles. The van der Waals surface area contributed by atoms with E-state index in [2.05, 4.69) is 48.5 Å². The van der Waals surface area contributed by atoms with E-state index in [0.717, 1.165) is 36.1 Å². The molecule has 1 N–H and O–H groups in total. The van der Waals surface area contributed by atoms with Crippen molar-refractivity contribution in [3.05, 3.63) is 47.3 Å². The maximum absolute atomic E-state index is 13.4. The smallest absolute Gasteiger partial charge is 0.304 e. The Labute approximate surface area is 198 Å². The van der Waals surface area contributed by atoms with Gasteiger partial charge in [0, 0.05) is 19.8 Å². The zero-order valence-electron chi connectivity index (χ0n) is 20.6. The van der Waals surface area contributed by atoms with Crippen LogP contribution in [0.5, 0.6) is 0 Å². The third kappa shape index (κ3) is 6.35. The number of carbonyl (C=O) groups excluding carboxylic acids is 1. The summed E-state index contributed by atoms with van der Waals surface area (Å²) in [5.74, 6) is 0.0980. The molecule has 0 spiro atoms. The third-order valence-corrected chi connectivity index (χ3v) is 7.63. The van der Waals surface area contributed by atoms with Crippen LogP contribution in [-0.2, 0) is 28.5 Å². The number of aromatic nitrogens is 2. The van der Waals surface area contributed by atoms with Crippen LogP contribution in [0.4, 0.5) is 5.69 Å². The normalized spacial score (nSPS) is 17.5. The van der Waals surface area contributed by atoms with Crippen molar-refractivity contribution in [2.75, 3.05) is 24.4 Å². The number of rotatable bonds is 8. The lowest BCUT2D eigenvalue weighted by Crippen LogP contribution is -2.54. The average Bonchev–Trinajstić information content (AvgIpc) is 3.12. The second kappa shape index (κ2) is 10.3. The van der Waals surface area contributed by atoms with Crippen LogP contribution in [0.15, 0.2) is 30.6 Å². The predicted molar refractivity (Wildman–Crippen MR) is 132 cm³/mol. The first-order valence-electron chi connectivity index (χ1n) is 11.6. The van der Waals surface area contributed by atoms with Crippen molar-refractivity contribution in [2.45, 2.75) is 64.8 Å². The van der Waals surface area contributed by atoms with E-state index in [1.165, 1.54) is 10.5 Å². The number of piperidine rings is 1. The molecule has 2 aromatic rings. The predicted octanol–water partition coefficient (Wildman–Crippen LogP) is 3.17. The highest BCUT2D eigenvalue weighted by Gasteiger charge is 2.34. The quantitative estimate of drug-likeness (QED) is 0.634. The number of nitrogens with zero attached hydrogens (tertiary/aromatic N) is 4. The van der Waals surface area contributed by atoms with Crippen LogP contribution >= 0.6 is 0 Å². The molecule has 0 bridgehead atoms. The number of carbonyl (C=O) groups is 1.